The van der Waals surface area contributed by atoms with Gasteiger partial charge >= 0.3 is 0 Å². The van der Waals surface area contributed by atoms with Crippen molar-refractivity contribution in [2.24, 2.45) is 0 Å². The molecule has 0 bridgehead atoms. The molecule has 2 N–H and O–H groups in total. The maximum absolute atomic E-state index is 13.0. The molecule has 1 aromatic heterocycles. The molecule has 2 aliphatic rings. The van der Waals surface area contributed by atoms with Crippen LogP contribution in [0.15, 0.2) is 60.7 Å². The second kappa shape index (κ2) is 6.27. The van der Waals surface area contributed by atoms with Crippen molar-refractivity contribution in [1.82, 2.24) is 4.98 Å². The number of carbonyl (C=O) groups is 1. The van der Waals surface area contributed by atoms with Crippen LogP contribution in [-0.2, 0) is 10.2 Å². The number of aromatic hydroxyl groups is 1. The number of nitrogens with one attached hydrogen (secondary N) is 1. The summed E-state index contributed by atoms with van der Waals surface area (Å²) in [6.45, 7) is 0.212. The molecule has 0 spiro atoms. The number of pyridine rings is 1. The van der Waals surface area contributed by atoms with Gasteiger partial charge in [0.1, 0.15) is 11.6 Å². The van der Waals surface area contributed by atoms with Gasteiger partial charge in [0.15, 0.2) is 11.5 Å². The smallest absolute Gasteiger partial charge is 0.236 e. The zero-order chi connectivity index (χ0) is 19.1. The number of hydrogen-bond acceptors (Lipinski definition) is 5. The Balaban J connectivity index is 1.39. The second-order valence-corrected chi connectivity index (χ2v) is 7.06. The lowest BCUT2D eigenvalue weighted by atomic mass is 9.94. The van der Waals surface area contributed by atoms with Crippen LogP contribution in [-0.4, -0.2) is 22.8 Å². The number of phenols is 1. The number of fused-ring (bicyclic) bond motifs is 1. The first-order valence-electron chi connectivity index (χ1n) is 9.12. The zero-order valence-corrected chi connectivity index (χ0v) is 15.0. The summed E-state index contributed by atoms with van der Waals surface area (Å²) in [5, 5.41) is 12.6. The average molecular weight is 374 g/mol. The molecule has 5 rings (SSSR count). The van der Waals surface area contributed by atoms with Gasteiger partial charge in [-0.3, -0.25) is 4.79 Å². The Labute approximate surface area is 161 Å². The summed E-state index contributed by atoms with van der Waals surface area (Å²) in [6.07, 6.45) is 1.56. The van der Waals surface area contributed by atoms with Crippen molar-refractivity contribution < 1.29 is 19.4 Å². The minimum atomic E-state index is -0.552. The molecule has 0 radical (unpaired) electrons. The maximum Gasteiger partial charge on any atom is 0.236 e. The van der Waals surface area contributed by atoms with Crippen molar-refractivity contribution in [3.63, 3.8) is 0 Å². The Morgan fingerprint density at radius 2 is 1.82 bits per heavy atom. The van der Waals surface area contributed by atoms with E-state index in [9.17, 15) is 9.90 Å². The van der Waals surface area contributed by atoms with Crippen LogP contribution in [0, 0.1) is 0 Å². The van der Waals surface area contributed by atoms with Gasteiger partial charge in [-0.1, -0.05) is 24.3 Å². The predicted octanol–water partition coefficient (Wildman–Crippen LogP) is 3.85. The molecular formula is C22H18N2O4. The number of benzene rings is 2. The predicted molar refractivity (Wildman–Crippen MR) is 103 cm³/mol. The van der Waals surface area contributed by atoms with Crippen LogP contribution in [0.2, 0.25) is 0 Å². The van der Waals surface area contributed by atoms with Crippen molar-refractivity contribution in [1.29, 1.82) is 0 Å². The standard InChI is InChI=1S/C22H18N2O4/c25-16-4-1-3-14(11-16)17-5-2-6-20(23-17)24-21(26)22(9-10-22)15-7-8-18-19(12-15)28-13-27-18/h1-8,11-12,25H,9-10,13H2,(H,23,24,26). The quantitative estimate of drug-likeness (QED) is 0.725. The van der Waals surface area contributed by atoms with E-state index in [2.05, 4.69) is 10.3 Å². The van der Waals surface area contributed by atoms with E-state index >= 15 is 0 Å². The molecule has 0 saturated heterocycles. The largest absolute Gasteiger partial charge is 0.508 e. The Morgan fingerprint density at radius 3 is 2.64 bits per heavy atom. The van der Waals surface area contributed by atoms with Crippen molar-refractivity contribution in [2.45, 2.75) is 18.3 Å². The van der Waals surface area contributed by atoms with Gasteiger partial charge in [0.25, 0.3) is 0 Å². The summed E-state index contributed by atoms with van der Waals surface area (Å²) >= 11 is 0. The highest BCUT2D eigenvalue weighted by Gasteiger charge is 2.51. The minimum Gasteiger partial charge on any atom is -0.508 e. The number of ether oxygens (including phenoxy) is 2. The first-order valence-corrected chi connectivity index (χ1v) is 9.12. The first-order chi connectivity index (χ1) is 13.6. The zero-order valence-electron chi connectivity index (χ0n) is 15.0. The van der Waals surface area contributed by atoms with E-state index in [0.29, 0.717) is 23.0 Å². The molecular weight excluding hydrogens is 356 g/mol. The molecule has 1 fully saturated rings. The van der Waals surface area contributed by atoms with Gasteiger partial charge in [-0.2, -0.15) is 0 Å². The normalized spacial score (nSPS) is 15.9. The fourth-order valence-electron chi connectivity index (χ4n) is 3.53. The van der Waals surface area contributed by atoms with Crippen LogP contribution < -0.4 is 14.8 Å². The number of phenolic OH excluding ortho intramolecular Hbond substituents is 1. The Morgan fingerprint density at radius 1 is 1.00 bits per heavy atom. The van der Waals surface area contributed by atoms with E-state index < -0.39 is 5.41 Å². The second-order valence-electron chi connectivity index (χ2n) is 7.06. The van der Waals surface area contributed by atoms with Crippen LogP contribution in [0.4, 0.5) is 5.82 Å². The molecule has 28 heavy (non-hydrogen) atoms. The number of carbonyl (C=O) groups excluding carboxylic acids is 1. The number of anilines is 1. The van der Waals surface area contributed by atoms with E-state index in [1.807, 2.05) is 36.4 Å². The highest BCUT2D eigenvalue weighted by molar-refractivity contribution is 6.01. The monoisotopic (exact) mass is 374 g/mol. The van der Waals surface area contributed by atoms with Crippen molar-refractivity contribution >= 4 is 11.7 Å². The van der Waals surface area contributed by atoms with Gasteiger partial charge in [0.2, 0.25) is 12.7 Å². The number of aromatic nitrogens is 1. The lowest BCUT2D eigenvalue weighted by molar-refractivity contribution is -0.118. The van der Waals surface area contributed by atoms with Gasteiger partial charge in [-0.25, -0.2) is 4.98 Å². The number of nitrogens with zero attached hydrogens (tertiary/aromatic N) is 1. The summed E-state index contributed by atoms with van der Waals surface area (Å²) in [7, 11) is 0. The summed E-state index contributed by atoms with van der Waals surface area (Å²) in [5.41, 5.74) is 1.84. The van der Waals surface area contributed by atoms with Crippen LogP contribution in [0.3, 0.4) is 0 Å². The minimum absolute atomic E-state index is 0.0769. The lowest BCUT2D eigenvalue weighted by Crippen LogP contribution is -2.28. The Hall–Kier alpha value is -3.54. The SMILES string of the molecule is O=C(Nc1cccc(-c2cccc(O)c2)n1)C1(c2ccc3c(c2)OCO3)CC1. The lowest BCUT2D eigenvalue weighted by Gasteiger charge is -2.16. The fraction of sp³-hybridized carbons (Fsp3) is 0.182. The highest BCUT2D eigenvalue weighted by Crippen LogP contribution is 2.51. The molecule has 2 aromatic carbocycles. The number of rotatable bonds is 4. The summed E-state index contributed by atoms with van der Waals surface area (Å²) in [4.78, 5) is 17.6. The van der Waals surface area contributed by atoms with Crippen molar-refractivity contribution in [2.75, 3.05) is 12.1 Å². The van der Waals surface area contributed by atoms with Crippen LogP contribution in [0.1, 0.15) is 18.4 Å². The highest BCUT2D eigenvalue weighted by atomic mass is 16.7. The number of amides is 1. The van der Waals surface area contributed by atoms with E-state index in [1.165, 1.54) is 0 Å². The fourth-order valence-corrected chi connectivity index (χ4v) is 3.53. The first kappa shape index (κ1) is 16.6. The molecule has 6 heteroatoms. The topological polar surface area (TPSA) is 80.7 Å². The molecule has 140 valence electrons. The average Bonchev–Trinajstić information content (AvgIpc) is 3.39. The van der Waals surface area contributed by atoms with E-state index in [0.717, 1.165) is 24.0 Å². The van der Waals surface area contributed by atoms with E-state index in [-0.39, 0.29) is 18.4 Å². The summed E-state index contributed by atoms with van der Waals surface area (Å²) < 4.78 is 10.8. The van der Waals surface area contributed by atoms with Crippen molar-refractivity contribution in [3.05, 3.63) is 66.2 Å². The molecule has 1 saturated carbocycles. The molecule has 1 aliphatic carbocycles. The molecule has 0 atom stereocenters. The Bertz CT molecular complexity index is 1080. The third-order valence-corrected chi connectivity index (χ3v) is 5.24. The van der Waals surface area contributed by atoms with Gasteiger partial charge in [-0.05, 0) is 54.8 Å². The van der Waals surface area contributed by atoms with E-state index in [1.54, 1.807) is 24.3 Å². The number of hydrogen-bond donors (Lipinski definition) is 2. The van der Waals surface area contributed by atoms with Crippen LogP contribution in [0.25, 0.3) is 11.3 Å². The van der Waals surface area contributed by atoms with Gasteiger partial charge < -0.3 is 19.9 Å². The summed E-state index contributed by atoms with van der Waals surface area (Å²) in [5.74, 6) is 1.97. The Kier molecular flexibility index (Phi) is 3.72. The molecule has 1 aliphatic heterocycles. The van der Waals surface area contributed by atoms with Crippen LogP contribution in [0.5, 0.6) is 17.2 Å². The third-order valence-electron chi connectivity index (χ3n) is 5.24. The van der Waals surface area contributed by atoms with Crippen LogP contribution >= 0.6 is 0 Å². The third kappa shape index (κ3) is 2.83. The molecule has 2 heterocycles. The molecule has 3 aromatic rings. The van der Waals surface area contributed by atoms with Crippen molar-refractivity contribution in [3.8, 4) is 28.5 Å². The summed E-state index contributed by atoms with van der Waals surface area (Å²) in [6, 6.07) is 18.0. The maximum atomic E-state index is 13.0. The molecule has 1 amide bonds. The molecule has 6 nitrogen and oxygen atoms in total. The van der Waals surface area contributed by atoms with Gasteiger partial charge in [-0.15, -0.1) is 0 Å². The molecule has 0 unspecified atom stereocenters. The van der Waals surface area contributed by atoms with E-state index in [4.69, 9.17) is 9.47 Å². The van der Waals surface area contributed by atoms with Gasteiger partial charge in [0.05, 0.1) is 11.1 Å². The van der Waals surface area contributed by atoms with Gasteiger partial charge in [0, 0.05) is 5.56 Å².